The molecule has 124 valence electrons. The van der Waals surface area contributed by atoms with Crippen LogP contribution in [0.5, 0.6) is 0 Å². The summed E-state index contributed by atoms with van der Waals surface area (Å²) in [5.41, 5.74) is -1.70. The molecule has 1 aliphatic heterocycles. The summed E-state index contributed by atoms with van der Waals surface area (Å²) in [7, 11) is 0. The van der Waals surface area contributed by atoms with E-state index in [2.05, 4.69) is 11.4 Å². The Morgan fingerprint density at radius 3 is 2.75 bits per heavy atom. The highest BCUT2D eigenvalue weighted by atomic mass is 16.5. The fraction of sp³-hybridized carbons (Fsp3) is 0.421. The van der Waals surface area contributed by atoms with E-state index in [9.17, 15) is 14.4 Å². The van der Waals surface area contributed by atoms with Crippen LogP contribution in [0.4, 0.5) is 0 Å². The van der Waals surface area contributed by atoms with Crippen molar-refractivity contribution in [2.45, 2.75) is 25.3 Å². The topological polar surface area (TPSA) is 72.5 Å². The maximum atomic E-state index is 13.0. The first-order chi connectivity index (χ1) is 11.6. The molecule has 24 heavy (non-hydrogen) atoms. The number of ketones is 1. The van der Waals surface area contributed by atoms with Crippen LogP contribution in [0.3, 0.4) is 0 Å². The van der Waals surface area contributed by atoms with Crippen LogP contribution < -0.4 is 5.32 Å². The molecule has 5 heteroatoms. The lowest BCUT2D eigenvalue weighted by atomic mass is 9.39. The van der Waals surface area contributed by atoms with Crippen LogP contribution in [0.25, 0.3) is 0 Å². The van der Waals surface area contributed by atoms with Gasteiger partial charge in [0.2, 0.25) is 5.78 Å². The maximum absolute atomic E-state index is 13.0. The molecule has 1 amide bonds. The number of Topliss-reactive ketones (excluding diaryl/α,β-unsaturated/α-hetero) is 1. The molecule has 1 saturated carbocycles. The summed E-state index contributed by atoms with van der Waals surface area (Å²) in [4.78, 5) is 38.2. The minimum absolute atomic E-state index is 0.0755. The van der Waals surface area contributed by atoms with E-state index in [1.165, 1.54) is 0 Å². The van der Waals surface area contributed by atoms with Crippen molar-refractivity contribution in [1.29, 1.82) is 0 Å². The Balaban J connectivity index is 1.97. The van der Waals surface area contributed by atoms with E-state index in [1.807, 2.05) is 36.4 Å². The fourth-order valence-corrected chi connectivity index (χ4v) is 5.01. The Morgan fingerprint density at radius 1 is 1.29 bits per heavy atom. The molecular formula is C19H19NO4. The first-order valence-electron chi connectivity index (χ1n) is 8.37. The highest BCUT2D eigenvalue weighted by Gasteiger charge is 2.84. The molecule has 4 rings (SSSR count). The van der Waals surface area contributed by atoms with E-state index in [0.717, 1.165) is 12.0 Å². The Bertz CT molecular complexity index is 756. The number of allylic oxidation sites excluding steroid dienone is 1. The molecular weight excluding hydrogens is 306 g/mol. The van der Waals surface area contributed by atoms with Gasteiger partial charge in [-0.25, -0.2) is 0 Å². The fourth-order valence-electron chi connectivity index (χ4n) is 5.01. The van der Waals surface area contributed by atoms with Crippen LogP contribution in [-0.4, -0.2) is 24.3 Å². The predicted molar refractivity (Wildman–Crippen MR) is 85.7 cm³/mol. The third-order valence-corrected chi connectivity index (χ3v) is 5.80. The van der Waals surface area contributed by atoms with E-state index >= 15 is 0 Å². The summed E-state index contributed by atoms with van der Waals surface area (Å²) in [6.07, 6.45) is 5.61. The van der Waals surface area contributed by atoms with Gasteiger partial charge in [0, 0.05) is 5.92 Å². The van der Waals surface area contributed by atoms with E-state index in [-0.39, 0.29) is 18.4 Å². The van der Waals surface area contributed by atoms with Crippen molar-refractivity contribution in [2.24, 2.45) is 17.3 Å². The summed E-state index contributed by atoms with van der Waals surface area (Å²) in [6, 6.07) is 9.32. The van der Waals surface area contributed by atoms with Crippen molar-refractivity contribution in [3.05, 3.63) is 48.0 Å². The third kappa shape index (κ3) is 1.48. The Labute approximate surface area is 140 Å². The molecule has 2 aliphatic carbocycles. The van der Waals surface area contributed by atoms with Gasteiger partial charge >= 0.3 is 5.97 Å². The van der Waals surface area contributed by atoms with Gasteiger partial charge in [0.15, 0.2) is 5.41 Å². The molecule has 1 N–H and O–H groups in total. The van der Waals surface area contributed by atoms with Gasteiger partial charge in [-0.15, -0.1) is 0 Å². The van der Waals surface area contributed by atoms with Crippen LogP contribution >= 0.6 is 0 Å². The van der Waals surface area contributed by atoms with Gasteiger partial charge in [-0.05, 0) is 31.2 Å². The summed E-state index contributed by atoms with van der Waals surface area (Å²) >= 11 is 0. The number of carbonyl (C=O) groups excluding carboxylic acids is 3. The standard InChI is InChI=1S/C19H19NO4/c1-2-24-17(23)18-13-10-6-7-11-14(13)19(18,20-16(22)15(18)21)12-8-4-3-5-9-12/h3-5,7-9,11,13-14H,2,6,10H2,1H3,(H,20,22)/t13?,14?,18-,19-/m1/s1. The number of hydrogen-bond acceptors (Lipinski definition) is 4. The molecule has 0 spiro atoms. The molecule has 2 fully saturated rings. The number of nitrogens with one attached hydrogen (secondary N) is 1. The molecule has 0 aromatic heterocycles. The molecule has 2 unspecified atom stereocenters. The van der Waals surface area contributed by atoms with E-state index in [1.54, 1.807) is 6.92 Å². The first-order valence-corrected chi connectivity index (χ1v) is 8.37. The monoisotopic (exact) mass is 325 g/mol. The highest BCUT2D eigenvalue weighted by Crippen LogP contribution is 2.69. The van der Waals surface area contributed by atoms with E-state index in [4.69, 9.17) is 4.74 Å². The second-order valence-corrected chi connectivity index (χ2v) is 6.62. The summed E-state index contributed by atoms with van der Waals surface area (Å²) in [5.74, 6) is -2.19. The Hall–Kier alpha value is -2.43. The van der Waals surface area contributed by atoms with E-state index < -0.39 is 28.6 Å². The summed E-state index contributed by atoms with van der Waals surface area (Å²) in [5, 5.41) is 2.87. The van der Waals surface area contributed by atoms with Crippen LogP contribution in [0.2, 0.25) is 0 Å². The summed E-state index contributed by atoms with van der Waals surface area (Å²) < 4.78 is 5.29. The van der Waals surface area contributed by atoms with Gasteiger partial charge in [-0.3, -0.25) is 14.4 Å². The van der Waals surface area contributed by atoms with Gasteiger partial charge in [0.25, 0.3) is 5.91 Å². The zero-order valence-corrected chi connectivity index (χ0v) is 13.5. The molecule has 4 atom stereocenters. The number of carbonyl (C=O) groups is 3. The second-order valence-electron chi connectivity index (χ2n) is 6.62. The number of benzene rings is 1. The quantitative estimate of drug-likeness (QED) is 0.397. The van der Waals surface area contributed by atoms with Crippen LogP contribution in [-0.2, 0) is 24.7 Å². The SMILES string of the molecule is CCOC(=O)[C@@]12C(=O)C(=O)N[C@]1(c1ccccc1)C1C=CCCC12. The van der Waals surface area contributed by atoms with Gasteiger partial charge < -0.3 is 10.1 Å². The third-order valence-electron chi connectivity index (χ3n) is 5.80. The molecule has 0 bridgehead atoms. The number of ether oxygens (including phenoxy) is 1. The highest BCUT2D eigenvalue weighted by molar-refractivity contribution is 6.46. The van der Waals surface area contributed by atoms with Crippen LogP contribution in [0.15, 0.2) is 42.5 Å². The lowest BCUT2D eigenvalue weighted by molar-refractivity contribution is -0.194. The van der Waals surface area contributed by atoms with Crippen molar-refractivity contribution in [1.82, 2.24) is 5.32 Å². The maximum Gasteiger partial charge on any atom is 0.323 e. The number of hydrogen-bond donors (Lipinski definition) is 1. The molecule has 3 aliphatic rings. The van der Waals surface area contributed by atoms with Crippen molar-refractivity contribution in [3.63, 3.8) is 0 Å². The molecule has 1 aromatic rings. The van der Waals surface area contributed by atoms with Crippen molar-refractivity contribution in [3.8, 4) is 0 Å². The van der Waals surface area contributed by atoms with Crippen molar-refractivity contribution in [2.75, 3.05) is 6.61 Å². The number of rotatable bonds is 3. The molecule has 1 heterocycles. The van der Waals surface area contributed by atoms with Crippen molar-refractivity contribution >= 4 is 17.7 Å². The average Bonchev–Trinajstić information content (AvgIpc) is 2.80. The van der Waals surface area contributed by atoms with Gasteiger partial charge in [0.1, 0.15) is 0 Å². The Morgan fingerprint density at radius 2 is 2.04 bits per heavy atom. The van der Waals surface area contributed by atoms with Crippen molar-refractivity contribution < 1.29 is 19.1 Å². The largest absolute Gasteiger partial charge is 0.465 e. The van der Waals surface area contributed by atoms with Crippen LogP contribution in [0, 0.1) is 17.3 Å². The zero-order valence-electron chi connectivity index (χ0n) is 13.5. The first kappa shape index (κ1) is 15.1. The lowest BCUT2D eigenvalue weighted by Gasteiger charge is -2.63. The average molecular weight is 325 g/mol. The second kappa shape index (κ2) is 5.03. The zero-order chi connectivity index (χ0) is 16.9. The molecule has 1 aromatic carbocycles. The Kier molecular flexibility index (Phi) is 3.17. The normalized spacial score (nSPS) is 36.4. The van der Waals surface area contributed by atoms with Crippen LogP contribution in [0.1, 0.15) is 25.3 Å². The smallest absolute Gasteiger partial charge is 0.323 e. The van der Waals surface area contributed by atoms with Gasteiger partial charge in [-0.2, -0.15) is 0 Å². The number of amides is 1. The van der Waals surface area contributed by atoms with Gasteiger partial charge in [0.05, 0.1) is 12.1 Å². The molecule has 5 nitrogen and oxygen atoms in total. The lowest BCUT2D eigenvalue weighted by Crippen LogP contribution is -2.74. The number of fused-ring (bicyclic) bond motifs is 4. The minimum atomic E-state index is -1.45. The predicted octanol–water partition coefficient (Wildman–Crippen LogP) is 1.73. The van der Waals surface area contributed by atoms with Gasteiger partial charge in [-0.1, -0.05) is 42.5 Å². The number of esters is 1. The van der Waals surface area contributed by atoms with E-state index in [0.29, 0.717) is 6.42 Å². The summed E-state index contributed by atoms with van der Waals surface area (Å²) in [6.45, 7) is 1.89. The molecule has 0 radical (unpaired) electrons. The minimum Gasteiger partial charge on any atom is -0.465 e. The molecule has 1 saturated heterocycles.